The molecule has 3 aromatic carbocycles. The second kappa shape index (κ2) is 8.68. The molecule has 31 heavy (non-hydrogen) atoms. The number of benzene rings is 3. The van der Waals surface area contributed by atoms with Crippen molar-refractivity contribution in [2.24, 2.45) is 5.92 Å². The van der Waals surface area contributed by atoms with Crippen LogP contribution in [-0.4, -0.2) is 32.6 Å². The second-order valence-corrected chi connectivity index (χ2v) is 7.74. The maximum absolute atomic E-state index is 13.0. The van der Waals surface area contributed by atoms with E-state index in [2.05, 4.69) is 23.5 Å². The molecule has 0 radical (unpaired) electrons. The Bertz CT molecular complexity index is 1120. The molecule has 4 rings (SSSR count). The number of nitrogens with one attached hydrogen (secondary N) is 1. The fourth-order valence-corrected chi connectivity index (χ4v) is 4.16. The summed E-state index contributed by atoms with van der Waals surface area (Å²) in [5, 5.41) is 5.35. The molecular weight excluding hydrogens is 392 g/mol. The quantitative estimate of drug-likeness (QED) is 0.655. The average molecular weight is 418 g/mol. The van der Waals surface area contributed by atoms with Crippen LogP contribution >= 0.6 is 0 Å². The number of anilines is 1. The standard InChI is InChI=1S/C25H26N2O4/c1-16(20-10-6-8-17-7-4-5-9-21(17)20)26-25(29)18-13-24(28)27(15-18)22-12-11-19(30-2)14-23(22)31-3/h4-12,14,16,18H,13,15H2,1-3H3,(H,26,29)/t16-,18-/m0/s1. The average Bonchev–Trinajstić information content (AvgIpc) is 3.19. The minimum Gasteiger partial charge on any atom is -0.497 e. The van der Waals surface area contributed by atoms with Gasteiger partial charge in [0, 0.05) is 19.0 Å². The number of ether oxygens (including phenoxy) is 2. The number of methoxy groups -OCH3 is 2. The van der Waals surface area contributed by atoms with Gasteiger partial charge in [-0.2, -0.15) is 0 Å². The molecule has 1 heterocycles. The number of carbonyl (C=O) groups is 2. The first-order valence-electron chi connectivity index (χ1n) is 10.3. The van der Waals surface area contributed by atoms with Crippen molar-refractivity contribution in [3.63, 3.8) is 0 Å². The highest BCUT2D eigenvalue weighted by Gasteiger charge is 2.36. The van der Waals surface area contributed by atoms with Crippen LogP contribution in [-0.2, 0) is 9.59 Å². The zero-order valence-corrected chi connectivity index (χ0v) is 17.9. The largest absolute Gasteiger partial charge is 0.497 e. The van der Waals surface area contributed by atoms with Gasteiger partial charge in [0.05, 0.1) is 31.9 Å². The fraction of sp³-hybridized carbons (Fsp3) is 0.280. The lowest BCUT2D eigenvalue weighted by Gasteiger charge is -2.21. The molecule has 2 atom stereocenters. The molecule has 0 bridgehead atoms. The minimum absolute atomic E-state index is 0.0959. The molecule has 160 valence electrons. The van der Waals surface area contributed by atoms with E-state index in [0.29, 0.717) is 23.7 Å². The molecular formula is C25H26N2O4. The van der Waals surface area contributed by atoms with Gasteiger partial charge in [-0.05, 0) is 35.4 Å². The summed E-state index contributed by atoms with van der Waals surface area (Å²) in [6.45, 7) is 2.29. The SMILES string of the molecule is COc1ccc(N2C[C@@H](C(=O)N[C@@H](C)c3cccc4ccccc34)CC2=O)c(OC)c1. The Hall–Kier alpha value is -3.54. The van der Waals surface area contributed by atoms with Gasteiger partial charge in [-0.3, -0.25) is 9.59 Å². The van der Waals surface area contributed by atoms with Crippen molar-refractivity contribution in [3.05, 3.63) is 66.2 Å². The number of hydrogen-bond acceptors (Lipinski definition) is 4. The van der Waals surface area contributed by atoms with E-state index in [0.717, 1.165) is 16.3 Å². The molecule has 1 aliphatic heterocycles. The monoisotopic (exact) mass is 418 g/mol. The van der Waals surface area contributed by atoms with Crippen LogP contribution < -0.4 is 19.7 Å². The normalized spacial score (nSPS) is 16.9. The van der Waals surface area contributed by atoms with Crippen LogP contribution in [0.4, 0.5) is 5.69 Å². The van der Waals surface area contributed by atoms with Crippen LogP contribution in [0.3, 0.4) is 0 Å². The number of carbonyl (C=O) groups excluding carboxylic acids is 2. The van der Waals surface area contributed by atoms with E-state index in [9.17, 15) is 9.59 Å². The summed E-state index contributed by atoms with van der Waals surface area (Å²) in [5.74, 6) is 0.547. The lowest BCUT2D eigenvalue weighted by molar-refractivity contribution is -0.126. The summed E-state index contributed by atoms with van der Waals surface area (Å²) in [4.78, 5) is 27.3. The number of hydrogen-bond donors (Lipinski definition) is 1. The first kappa shape index (κ1) is 20.7. The van der Waals surface area contributed by atoms with Crippen LogP contribution in [0, 0.1) is 5.92 Å². The summed E-state index contributed by atoms with van der Waals surface area (Å²) < 4.78 is 10.7. The Labute approximate surface area is 181 Å². The van der Waals surface area contributed by atoms with Crippen LogP contribution in [0.25, 0.3) is 10.8 Å². The van der Waals surface area contributed by atoms with E-state index >= 15 is 0 Å². The van der Waals surface area contributed by atoms with E-state index < -0.39 is 5.92 Å². The second-order valence-electron chi connectivity index (χ2n) is 7.74. The summed E-state index contributed by atoms with van der Waals surface area (Å²) in [6, 6.07) is 19.3. The van der Waals surface area contributed by atoms with Gasteiger partial charge in [0.15, 0.2) is 0 Å². The number of nitrogens with zero attached hydrogens (tertiary/aromatic N) is 1. The Morgan fingerprint density at radius 3 is 2.61 bits per heavy atom. The Morgan fingerprint density at radius 2 is 1.84 bits per heavy atom. The molecule has 1 aliphatic rings. The van der Waals surface area contributed by atoms with Gasteiger partial charge in [-0.1, -0.05) is 42.5 Å². The number of fused-ring (bicyclic) bond motifs is 1. The summed E-state index contributed by atoms with van der Waals surface area (Å²) in [7, 11) is 3.13. The molecule has 3 aromatic rings. The Balaban J connectivity index is 1.50. The van der Waals surface area contributed by atoms with Crippen molar-refractivity contribution in [1.82, 2.24) is 5.32 Å². The van der Waals surface area contributed by atoms with E-state index in [4.69, 9.17) is 9.47 Å². The van der Waals surface area contributed by atoms with Crippen molar-refractivity contribution in [2.45, 2.75) is 19.4 Å². The minimum atomic E-state index is -0.420. The van der Waals surface area contributed by atoms with Gasteiger partial charge < -0.3 is 19.7 Å². The molecule has 6 nitrogen and oxygen atoms in total. The molecule has 1 N–H and O–H groups in total. The van der Waals surface area contributed by atoms with E-state index in [1.807, 2.05) is 31.2 Å². The van der Waals surface area contributed by atoms with Crippen molar-refractivity contribution in [1.29, 1.82) is 0 Å². The van der Waals surface area contributed by atoms with Gasteiger partial charge in [0.25, 0.3) is 0 Å². The molecule has 6 heteroatoms. The zero-order valence-electron chi connectivity index (χ0n) is 17.9. The first-order valence-corrected chi connectivity index (χ1v) is 10.3. The maximum Gasteiger partial charge on any atom is 0.227 e. The van der Waals surface area contributed by atoms with Crippen LogP contribution in [0.2, 0.25) is 0 Å². The first-order chi connectivity index (χ1) is 15.0. The van der Waals surface area contributed by atoms with E-state index in [1.54, 1.807) is 37.3 Å². The summed E-state index contributed by atoms with van der Waals surface area (Å²) in [5.41, 5.74) is 1.70. The molecule has 0 aromatic heterocycles. The molecule has 0 unspecified atom stereocenters. The van der Waals surface area contributed by atoms with Crippen molar-refractivity contribution in [2.75, 3.05) is 25.7 Å². The van der Waals surface area contributed by atoms with Crippen LogP contribution in [0.5, 0.6) is 11.5 Å². The van der Waals surface area contributed by atoms with Gasteiger partial charge in [0.2, 0.25) is 11.8 Å². The number of rotatable bonds is 6. The Kier molecular flexibility index (Phi) is 5.80. The smallest absolute Gasteiger partial charge is 0.227 e. The highest BCUT2D eigenvalue weighted by Crippen LogP contribution is 2.36. The molecule has 2 amide bonds. The Morgan fingerprint density at radius 1 is 1.06 bits per heavy atom. The van der Waals surface area contributed by atoms with E-state index in [-0.39, 0.29) is 24.3 Å². The topological polar surface area (TPSA) is 67.9 Å². The predicted octanol–water partition coefficient (Wildman–Crippen LogP) is 4.09. The molecule has 1 fully saturated rings. The fourth-order valence-electron chi connectivity index (χ4n) is 4.16. The highest BCUT2D eigenvalue weighted by molar-refractivity contribution is 6.01. The molecule has 1 saturated heterocycles. The van der Waals surface area contributed by atoms with Gasteiger partial charge >= 0.3 is 0 Å². The van der Waals surface area contributed by atoms with Gasteiger partial charge in [-0.15, -0.1) is 0 Å². The van der Waals surface area contributed by atoms with Gasteiger partial charge in [-0.25, -0.2) is 0 Å². The lowest BCUT2D eigenvalue weighted by Crippen LogP contribution is -2.34. The lowest BCUT2D eigenvalue weighted by atomic mass is 9.99. The van der Waals surface area contributed by atoms with Gasteiger partial charge in [0.1, 0.15) is 11.5 Å². The highest BCUT2D eigenvalue weighted by atomic mass is 16.5. The van der Waals surface area contributed by atoms with Crippen LogP contribution in [0.1, 0.15) is 24.9 Å². The van der Waals surface area contributed by atoms with Crippen molar-refractivity contribution < 1.29 is 19.1 Å². The third kappa shape index (κ3) is 4.06. The summed E-state index contributed by atoms with van der Waals surface area (Å²) >= 11 is 0. The van der Waals surface area contributed by atoms with E-state index in [1.165, 1.54) is 0 Å². The zero-order chi connectivity index (χ0) is 22.0. The molecule has 0 spiro atoms. The third-order valence-corrected chi connectivity index (χ3v) is 5.82. The van der Waals surface area contributed by atoms with Crippen molar-refractivity contribution >= 4 is 28.3 Å². The molecule has 0 aliphatic carbocycles. The number of amides is 2. The predicted molar refractivity (Wildman–Crippen MR) is 121 cm³/mol. The third-order valence-electron chi connectivity index (χ3n) is 5.82. The maximum atomic E-state index is 13.0. The van der Waals surface area contributed by atoms with Crippen molar-refractivity contribution in [3.8, 4) is 11.5 Å². The summed E-state index contributed by atoms with van der Waals surface area (Å²) in [6.07, 6.45) is 0.170. The van der Waals surface area contributed by atoms with Crippen LogP contribution in [0.15, 0.2) is 60.7 Å². The molecule has 0 saturated carbocycles.